The lowest BCUT2D eigenvalue weighted by Crippen LogP contribution is -2.48. The number of ether oxygens (including phenoxy) is 1. The summed E-state index contributed by atoms with van der Waals surface area (Å²) >= 11 is 0. The van der Waals surface area contributed by atoms with Gasteiger partial charge in [-0.3, -0.25) is 4.90 Å². The molecule has 5 nitrogen and oxygen atoms in total. The van der Waals surface area contributed by atoms with Crippen molar-refractivity contribution in [2.24, 2.45) is 18.7 Å². The Morgan fingerprint density at radius 1 is 1.47 bits per heavy atom. The standard InChI is InChI=1S/C14H26N4O/c1-10-6-5-7-18(13(10)8-15)9-12-11(2)16-17(3)14(12)19-4/h10,13H,5-9,15H2,1-4H3. The first-order valence-electron chi connectivity index (χ1n) is 7.09. The largest absolute Gasteiger partial charge is 0.481 e. The van der Waals surface area contributed by atoms with Crippen LogP contribution in [0.4, 0.5) is 0 Å². The van der Waals surface area contributed by atoms with Crippen molar-refractivity contribution in [2.45, 2.75) is 39.3 Å². The Morgan fingerprint density at radius 2 is 2.21 bits per heavy atom. The van der Waals surface area contributed by atoms with Crippen molar-refractivity contribution < 1.29 is 4.74 Å². The highest BCUT2D eigenvalue weighted by Crippen LogP contribution is 2.28. The Kier molecular flexibility index (Phi) is 4.47. The van der Waals surface area contributed by atoms with Crippen molar-refractivity contribution in [3.8, 4) is 5.88 Å². The third-order valence-corrected chi connectivity index (χ3v) is 4.32. The number of hydrogen-bond acceptors (Lipinski definition) is 4. The van der Waals surface area contributed by atoms with Crippen LogP contribution in [0, 0.1) is 12.8 Å². The number of rotatable bonds is 4. The van der Waals surface area contributed by atoms with Crippen LogP contribution in [0.2, 0.25) is 0 Å². The predicted octanol–water partition coefficient (Wildman–Crippen LogP) is 1.30. The van der Waals surface area contributed by atoms with Crippen LogP contribution in [-0.4, -0.2) is 40.9 Å². The molecule has 108 valence electrons. The molecule has 2 N–H and O–H groups in total. The Labute approximate surface area is 115 Å². The summed E-state index contributed by atoms with van der Waals surface area (Å²) in [6, 6.07) is 0.470. The van der Waals surface area contributed by atoms with Crippen LogP contribution >= 0.6 is 0 Å². The van der Waals surface area contributed by atoms with Gasteiger partial charge in [-0.1, -0.05) is 6.92 Å². The summed E-state index contributed by atoms with van der Waals surface area (Å²) in [4.78, 5) is 2.49. The minimum atomic E-state index is 0.470. The molecular formula is C14H26N4O. The van der Waals surface area contributed by atoms with Crippen molar-refractivity contribution in [2.75, 3.05) is 20.2 Å². The molecule has 1 aliphatic heterocycles. The molecule has 2 heterocycles. The van der Waals surface area contributed by atoms with Crippen LogP contribution in [0.1, 0.15) is 31.0 Å². The van der Waals surface area contributed by atoms with E-state index in [-0.39, 0.29) is 0 Å². The maximum absolute atomic E-state index is 5.96. The maximum atomic E-state index is 5.96. The first-order valence-corrected chi connectivity index (χ1v) is 7.09. The Balaban J connectivity index is 2.20. The first kappa shape index (κ1) is 14.3. The number of nitrogens with zero attached hydrogens (tertiary/aromatic N) is 3. The number of piperidine rings is 1. The summed E-state index contributed by atoms with van der Waals surface area (Å²) in [7, 11) is 3.63. The normalized spacial score (nSPS) is 24.7. The molecule has 2 unspecified atom stereocenters. The van der Waals surface area contributed by atoms with Gasteiger partial charge in [-0.15, -0.1) is 0 Å². The molecule has 1 saturated heterocycles. The lowest BCUT2D eigenvalue weighted by molar-refractivity contribution is 0.0979. The lowest BCUT2D eigenvalue weighted by atomic mass is 9.90. The van der Waals surface area contributed by atoms with Crippen LogP contribution in [0.25, 0.3) is 0 Å². The van der Waals surface area contributed by atoms with E-state index in [2.05, 4.69) is 16.9 Å². The number of likely N-dealkylation sites (tertiary alicyclic amines) is 1. The lowest BCUT2D eigenvalue weighted by Gasteiger charge is -2.39. The van der Waals surface area contributed by atoms with Crippen LogP contribution in [0.5, 0.6) is 5.88 Å². The van der Waals surface area contributed by atoms with Crippen molar-refractivity contribution in [1.82, 2.24) is 14.7 Å². The zero-order chi connectivity index (χ0) is 14.0. The Bertz CT molecular complexity index is 429. The van der Waals surface area contributed by atoms with Crippen LogP contribution < -0.4 is 10.5 Å². The van der Waals surface area contributed by atoms with Crippen LogP contribution in [0.3, 0.4) is 0 Å². The van der Waals surface area contributed by atoms with E-state index in [1.807, 2.05) is 18.7 Å². The van der Waals surface area contributed by atoms with Gasteiger partial charge < -0.3 is 10.5 Å². The average molecular weight is 266 g/mol. The molecule has 5 heteroatoms. The summed E-state index contributed by atoms with van der Waals surface area (Å²) < 4.78 is 7.29. The van der Waals surface area contributed by atoms with Gasteiger partial charge >= 0.3 is 0 Å². The van der Waals surface area contributed by atoms with Gasteiger partial charge in [-0.25, -0.2) is 4.68 Å². The van der Waals surface area contributed by atoms with Crippen LogP contribution in [-0.2, 0) is 13.6 Å². The topological polar surface area (TPSA) is 56.3 Å². The van der Waals surface area contributed by atoms with E-state index in [1.54, 1.807) is 7.11 Å². The van der Waals surface area contributed by atoms with Gasteiger partial charge in [0.1, 0.15) is 0 Å². The summed E-state index contributed by atoms with van der Waals surface area (Å²) in [5.41, 5.74) is 8.20. The minimum Gasteiger partial charge on any atom is -0.481 e. The van der Waals surface area contributed by atoms with Crippen LogP contribution in [0.15, 0.2) is 0 Å². The summed E-state index contributed by atoms with van der Waals surface area (Å²) in [6.45, 7) is 7.07. The van der Waals surface area contributed by atoms with E-state index in [0.717, 1.165) is 31.2 Å². The molecule has 1 aromatic rings. The average Bonchev–Trinajstić information content (AvgIpc) is 2.64. The SMILES string of the molecule is COc1c(CN2CCCC(C)C2CN)c(C)nn1C. The molecule has 19 heavy (non-hydrogen) atoms. The fourth-order valence-corrected chi connectivity index (χ4v) is 3.23. The fourth-order valence-electron chi connectivity index (χ4n) is 3.23. The van der Waals surface area contributed by atoms with Gasteiger partial charge in [0, 0.05) is 26.2 Å². The number of hydrogen-bond donors (Lipinski definition) is 1. The van der Waals surface area contributed by atoms with E-state index in [9.17, 15) is 0 Å². The van der Waals surface area contributed by atoms with Gasteiger partial charge in [0.15, 0.2) is 0 Å². The van der Waals surface area contributed by atoms with Gasteiger partial charge in [0.2, 0.25) is 5.88 Å². The van der Waals surface area contributed by atoms with E-state index in [0.29, 0.717) is 12.0 Å². The summed E-state index contributed by atoms with van der Waals surface area (Å²) in [5, 5.41) is 4.45. The second-order valence-corrected chi connectivity index (χ2v) is 5.59. The van der Waals surface area contributed by atoms with Gasteiger partial charge in [-0.05, 0) is 32.2 Å². The minimum absolute atomic E-state index is 0.470. The first-order chi connectivity index (χ1) is 9.08. The van der Waals surface area contributed by atoms with E-state index in [4.69, 9.17) is 10.5 Å². The van der Waals surface area contributed by atoms with Crippen molar-refractivity contribution in [3.05, 3.63) is 11.3 Å². The number of aryl methyl sites for hydroxylation is 2. The molecule has 1 aromatic heterocycles. The molecule has 2 atom stereocenters. The molecule has 2 rings (SSSR count). The molecule has 0 spiro atoms. The molecule has 0 saturated carbocycles. The van der Waals surface area contributed by atoms with Gasteiger partial charge in [0.05, 0.1) is 18.4 Å². The number of nitrogens with two attached hydrogens (primary N) is 1. The molecule has 0 bridgehead atoms. The Morgan fingerprint density at radius 3 is 2.84 bits per heavy atom. The number of methoxy groups -OCH3 is 1. The highest BCUT2D eigenvalue weighted by atomic mass is 16.5. The molecule has 1 aliphatic rings. The zero-order valence-corrected chi connectivity index (χ0v) is 12.5. The molecule has 0 radical (unpaired) electrons. The fraction of sp³-hybridized carbons (Fsp3) is 0.786. The second kappa shape index (κ2) is 5.92. The summed E-state index contributed by atoms with van der Waals surface area (Å²) in [5.74, 6) is 1.54. The third kappa shape index (κ3) is 2.77. The molecule has 0 aromatic carbocycles. The third-order valence-electron chi connectivity index (χ3n) is 4.32. The van der Waals surface area contributed by atoms with Crippen molar-refractivity contribution in [1.29, 1.82) is 0 Å². The van der Waals surface area contributed by atoms with Gasteiger partial charge in [0.25, 0.3) is 0 Å². The smallest absolute Gasteiger partial charge is 0.216 e. The van der Waals surface area contributed by atoms with Crippen molar-refractivity contribution >= 4 is 0 Å². The zero-order valence-electron chi connectivity index (χ0n) is 12.5. The second-order valence-electron chi connectivity index (χ2n) is 5.59. The highest BCUT2D eigenvalue weighted by Gasteiger charge is 2.29. The Hall–Kier alpha value is -1.07. The van der Waals surface area contributed by atoms with E-state index < -0.39 is 0 Å². The van der Waals surface area contributed by atoms with Gasteiger partial charge in [-0.2, -0.15) is 5.10 Å². The quantitative estimate of drug-likeness (QED) is 0.892. The van der Waals surface area contributed by atoms with Crippen molar-refractivity contribution in [3.63, 3.8) is 0 Å². The van der Waals surface area contributed by atoms with E-state index >= 15 is 0 Å². The predicted molar refractivity (Wildman–Crippen MR) is 76.1 cm³/mol. The molecule has 1 fully saturated rings. The maximum Gasteiger partial charge on any atom is 0.216 e. The van der Waals surface area contributed by atoms with E-state index in [1.165, 1.54) is 18.4 Å². The monoisotopic (exact) mass is 266 g/mol. The highest BCUT2D eigenvalue weighted by molar-refractivity contribution is 5.31. The summed E-state index contributed by atoms with van der Waals surface area (Å²) in [6.07, 6.45) is 2.53. The molecule has 0 amide bonds. The molecule has 0 aliphatic carbocycles. The molecular weight excluding hydrogens is 240 g/mol. The number of aromatic nitrogens is 2.